The Morgan fingerprint density at radius 3 is 2.57 bits per heavy atom. The summed E-state index contributed by atoms with van der Waals surface area (Å²) < 4.78 is 51.7. The van der Waals surface area contributed by atoms with Crippen LogP contribution in [0.25, 0.3) is 17.5 Å². The summed E-state index contributed by atoms with van der Waals surface area (Å²) >= 11 is 5.97. The summed E-state index contributed by atoms with van der Waals surface area (Å²) in [6.07, 6.45) is 0.631. The first-order valence-electron chi connectivity index (χ1n) is 11.3. The van der Waals surface area contributed by atoms with E-state index in [2.05, 4.69) is 20.3 Å². The van der Waals surface area contributed by atoms with E-state index in [1.54, 1.807) is 45.9 Å². The molecule has 0 unspecified atom stereocenters. The van der Waals surface area contributed by atoms with Gasteiger partial charge in [-0.1, -0.05) is 6.07 Å². The highest BCUT2D eigenvalue weighted by Crippen LogP contribution is 2.34. The number of nitrogens with zero attached hydrogens (tertiary/aromatic N) is 4. The number of benzene rings is 1. The Labute approximate surface area is 217 Å². The van der Waals surface area contributed by atoms with E-state index in [1.807, 2.05) is 0 Å². The van der Waals surface area contributed by atoms with E-state index in [1.165, 1.54) is 30.0 Å². The first-order valence-corrected chi connectivity index (χ1v) is 11.7. The molecule has 37 heavy (non-hydrogen) atoms. The van der Waals surface area contributed by atoms with Gasteiger partial charge in [0.05, 0.1) is 12.2 Å². The topological polar surface area (TPSA) is 91.2 Å². The number of nitrogens with one attached hydrogen (secondary N) is 1. The van der Waals surface area contributed by atoms with E-state index >= 15 is 0 Å². The molecule has 0 saturated carbocycles. The Morgan fingerprint density at radius 2 is 1.95 bits per heavy atom. The van der Waals surface area contributed by atoms with Gasteiger partial charge in [0.1, 0.15) is 23.0 Å². The molecular formula is C25H27ClF3N5O3. The number of rotatable bonds is 8. The van der Waals surface area contributed by atoms with Gasteiger partial charge < -0.3 is 19.4 Å². The van der Waals surface area contributed by atoms with Crippen molar-refractivity contribution < 1.29 is 27.4 Å². The molecule has 0 aliphatic carbocycles. The minimum absolute atomic E-state index is 0.0116. The summed E-state index contributed by atoms with van der Waals surface area (Å²) in [4.78, 5) is 23.9. The Balaban J connectivity index is 1.84. The number of carbonyl (C=O) groups is 1. The quantitative estimate of drug-likeness (QED) is 0.217. The molecule has 198 valence electrons. The number of esters is 1. The molecule has 0 fully saturated rings. The third-order valence-corrected chi connectivity index (χ3v) is 4.99. The molecule has 0 aliphatic rings. The monoisotopic (exact) mass is 537 g/mol. The van der Waals surface area contributed by atoms with E-state index in [-0.39, 0.29) is 17.7 Å². The number of hydrogen-bond acceptors (Lipinski definition) is 7. The van der Waals surface area contributed by atoms with Crippen molar-refractivity contribution in [1.29, 1.82) is 0 Å². The molecule has 0 radical (unpaired) electrons. The van der Waals surface area contributed by atoms with Crippen molar-refractivity contribution in [1.82, 2.24) is 19.5 Å². The molecule has 0 aliphatic heterocycles. The average molecular weight is 538 g/mol. The van der Waals surface area contributed by atoms with E-state index in [9.17, 15) is 18.0 Å². The highest BCUT2D eigenvalue weighted by molar-refractivity contribution is 6.28. The second-order valence-electron chi connectivity index (χ2n) is 8.99. The zero-order valence-corrected chi connectivity index (χ0v) is 21.7. The minimum Gasteiger partial charge on any atom is -0.493 e. The van der Waals surface area contributed by atoms with E-state index in [4.69, 9.17) is 21.1 Å². The third kappa shape index (κ3) is 7.69. The van der Waals surface area contributed by atoms with Crippen LogP contribution in [-0.4, -0.2) is 37.7 Å². The fraction of sp³-hybridized carbons (Fsp3) is 0.360. The zero-order valence-electron chi connectivity index (χ0n) is 21.0. The Hall–Kier alpha value is -3.60. The first kappa shape index (κ1) is 28.0. The maximum absolute atomic E-state index is 13.1. The minimum atomic E-state index is -4.56. The van der Waals surface area contributed by atoms with Gasteiger partial charge in [0.25, 0.3) is 0 Å². The second-order valence-corrected chi connectivity index (χ2v) is 9.32. The van der Waals surface area contributed by atoms with Gasteiger partial charge in [-0.2, -0.15) is 13.2 Å². The smallest absolute Gasteiger partial charge is 0.434 e. The molecule has 0 amide bonds. The maximum atomic E-state index is 13.1. The highest BCUT2D eigenvalue weighted by Gasteiger charge is 2.35. The summed E-state index contributed by atoms with van der Waals surface area (Å²) in [5, 5.41) is 3.15. The lowest BCUT2D eigenvalue weighted by molar-refractivity contribution is -0.148. The number of ether oxygens (including phenoxy) is 2. The molecule has 2 heterocycles. The molecule has 8 nitrogen and oxygen atoms in total. The van der Waals surface area contributed by atoms with Crippen molar-refractivity contribution >= 4 is 29.5 Å². The highest BCUT2D eigenvalue weighted by atomic mass is 35.5. The zero-order chi connectivity index (χ0) is 27.4. The fourth-order valence-electron chi connectivity index (χ4n) is 3.30. The van der Waals surface area contributed by atoms with Crippen LogP contribution < -0.4 is 10.1 Å². The van der Waals surface area contributed by atoms with Crippen molar-refractivity contribution in [2.75, 3.05) is 11.9 Å². The standard InChI is InChI=1S/C25H27ClF3N5O3/c1-6-36-18-11-15(7-9-17(18)22-32-19(14-34(22)5)25(27,28)29)12-30-21-16(13-31-23(26)33-21)8-10-20(35)37-24(2,3)4/h7-11,13-14H,6,12H2,1-5H3,(H,30,31,33)/b10-8+. The second kappa shape index (κ2) is 11.2. The lowest BCUT2D eigenvalue weighted by Gasteiger charge is -2.18. The van der Waals surface area contributed by atoms with Gasteiger partial charge >= 0.3 is 12.1 Å². The average Bonchev–Trinajstić information content (AvgIpc) is 3.18. The molecule has 3 rings (SSSR count). The Morgan fingerprint density at radius 1 is 1.22 bits per heavy atom. The van der Waals surface area contributed by atoms with Crippen molar-refractivity contribution in [2.45, 2.75) is 46.0 Å². The molecule has 3 aromatic rings. The van der Waals surface area contributed by atoms with Crippen LogP contribution in [0.3, 0.4) is 0 Å². The van der Waals surface area contributed by atoms with Crippen LogP contribution in [-0.2, 0) is 29.3 Å². The van der Waals surface area contributed by atoms with Crippen LogP contribution in [0.1, 0.15) is 44.5 Å². The summed E-state index contributed by atoms with van der Waals surface area (Å²) in [5.74, 6) is 0.372. The van der Waals surface area contributed by atoms with E-state index in [0.29, 0.717) is 29.3 Å². The van der Waals surface area contributed by atoms with Crippen molar-refractivity contribution in [2.24, 2.45) is 7.05 Å². The summed E-state index contributed by atoms with van der Waals surface area (Å²) in [5.41, 5.74) is 0.0754. The molecule has 2 aromatic heterocycles. The van der Waals surface area contributed by atoms with Crippen LogP contribution in [0.5, 0.6) is 5.75 Å². The molecule has 0 saturated heterocycles. The number of aromatic nitrogens is 4. The molecule has 0 atom stereocenters. The number of imidazole rings is 1. The largest absolute Gasteiger partial charge is 0.493 e. The first-order chi connectivity index (χ1) is 17.3. The van der Waals surface area contributed by atoms with Crippen LogP contribution in [0.15, 0.2) is 36.7 Å². The number of carbonyl (C=O) groups excluding carboxylic acids is 1. The van der Waals surface area contributed by atoms with E-state index < -0.39 is 23.4 Å². The number of halogens is 4. The lowest BCUT2D eigenvalue weighted by atomic mass is 10.1. The van der Waals surface area contributed by atoms with Crippen LogP contribution >= 0.6 is 11.6 Å². The van der Waals surface area contributed by atoms with Gasteiger partial charge in [-0.25, -0.2) is 19.7 Å². The molecule has 0 bridgehead atoms. The maximum Gasteiger partial charge on any atom is 0.434 e. The van der Waals surface area contributed by atoms with Crippen molar-refractivity contribution in [3.8, 4) is 17.1 Å². The Kier molecular flexibility index (Phi) is 8.47. The number of anilines is 1. The lowest BCUT2D eigenvalue weighted by Crippen LogP contribution is -2.22. The number of hydrogen-bond donors (Lipinski definition) is 1. The predicted octanol–water partition coefficient (Wildman–Crippen LogP) is 5.92. The predicted molar refractivity (Wildman–Crippen MR) is 134 cm³/mol. The third-order valence-electron chi connectivity index (χ3n) is 4.81. The van der Waals surface area contributed by atoms with Gasteiger partial charge in [-0.05, 0) is 63.1 Å². The SMILES string of the molecule is CCOc1cc(CNc2nc(Cl)ncc2/C=C/C(=O)OC(C)(C)C)ccc1-c1nc(C(F)(F)F)cn1C. The Bertz CT molecular complexity index is 1300. The summed E-state index contributed by atoms with van der Waals surface area (Å²) in [6, 6.07) is 5.11. The van der Waals surface area contributed by atoms with Gasteiger partial charge in [0, 0.05) is 37.6 Å². The van der Waals surface area contributed by atoms with E-state index in [0.717, 1.165) is 11.8 Å². The summed E-state index contributed by atoms with van der Waals surface area (Å²) in [7, 11) is 1.49. The summed E-state index contributed by atoms with van der Waals surface area (Å²) in [6.45, 7) is 7.66. The number of alkyl halides is 3. The molecule has 12 heteroatoms. The van der Waals surface area contributed by atoms with Gasteiger partial charge in [0.2, 0.25) is 5.28 Å². The molecule has 1 N–H and O–H groups in total. The van der Waals surface area contributed by atoms with Gasteiger partial charge in [-0.15, -0.1) is 0 Å². The van der Waals surface area contributed by atoms with Crippen molar-refractivity contribution in [3.63, 3.8) is 0 Å². The van der Waals surface area contributed by atoms with Gasteiger partial charge in [-0.3, -0.25) is 0 Å². The fourth-order valence-corrected chi connectivity index (χ4v) is 3.44. The molecular weight excluding hydrogens is 511 g/mol. The van der Waals surface area contributed by atoms with Crippen molar-refractivity contribution in [3.05, 3.63) is 58.8 Å². The normalized spacial score (nSPS) is 12.1. The molecule has 0 spiro atoms. The molecule has 1 aromatic carbocycles. The number of aryl methyl sites for hydroxylation is 1. The van der Waals surface area contributed by atoms with Crippen LogP contribution in [0, 0.1) is 0 Å². The van der Waals surface area contributed by atoms with Crippen LogP contribution in [0.4, 0.5) is 19.0 Å². The van der Waals surface area contributed by atoms with Crippen LogP contribution in [0.2, 0.25) is 5.28 Å². The van der Waals surface area contributed by atoms with Gasteiger partial charge in [0.15, 0.2) is 5.69 Å².